The first-order valence-electron chi connectivity index (χ1n) is 13.4. The molecule has 0 atom stereocenters. The number of ether oxygens (including phenoxy) is 2. The number of aromatic nitrogens is 3. The minimum Gasteiger partial charge on any atom is -0.494 e. The van der Waals surface area contributed by atoms with Crippen LogP contribution < -0.4 is 15.4 Å². The molecule has 3 aromatic rings. The number of alkyl carbamates (subject to hydrolysis) is 1. The summed E-state index contributed by atoms with van der Waals surface area (Å²) in [6.45, 7) is 7.42. The summed E-state index contributed by atoms with van der Waals surface area (Å²) in [5.74, 6) is 0.541. The second-order valence-corrected chi connectivity index (χ2v) is 11.1. The van der Waals surface area contributed by atoms with Crippen molar-refractivity contribution in [3.8, 4) is 17.2 Å². The van der Waals surface area contributed by atoms with E-state index in [1.165, 1.54) is 19.2 Å². The number of benzene rings is 1. The molecule has 2 heterocycles. The summed E-state index contributed by atoms with van der Waals surface area (Å²) < 4.78 is 29.6. The predicted molar refractivity (Wildman–Crippen MR) is 145 cm³/mol. The third-order valence-corrected chi connectivity index (χ3v) is 6.62. The summed E-state index contributed by atoms with van der Waals surface area (Å²) in [4.78, 5) is 33.6. The number of halogens is 1. The number of methoxy groups -OCH3 is 1. The lowest BCUT2D eigenvalue weighted by Gasteiger charge is -2.29. The van der Waals surface area contributed by atoms with Crippen LogP contribution in [0, 0.1) is 18.7 Å². The van der Waals surface area contributed by atoms with Crippen molar-refractivity contribution in [3.63, 3.8) is 0 Å². The Labute approximate surface area is 233 Å². The molecule has 0 radical (unpaired) electrons. The Morgan fingerprint density at radius 1 is 1.10 bits per heavy atom. The molecular formula is C29H36FN5O5. The third-order valence-electron chi connectivity index (χ3n) is 6.62. The molecule has 0 spiro atoms. The van der Waals surface area contributed by atoms with E-state index in [-0.39, 0.29) is 30.1 Å². The summed E-state index contributed by atoms with van der Waals surface area (Å²) in [6.07, 6.45) is 4.05. The lowest BCUT2D eigenvalue weighted by Crippen LogP contribution is -2.41. The van der Waals surface area contributed by atoms with Crippen LogP contribution in [0.25, 0.3) is 11.5 Å². The lowest BCUT2D eigenvalue weighted by atomic mass is 9.83. The van der Waals surface area contributed by atoms with Crippen LogP contribution in [-0.2, 0) is 17.7 Å². The van der Waals surface area contributed by atoms with Crippen LogP contribution in [0.5, 0.6) is 5.75 Å². The van der Waals surface area contributed by atoms with Gasteiger partial charge in [0.1, 0.15) is 22.8 Å². The number of nitrogens with one attached hydrogen (secondary N) is 2. The van der Waals surface area contributed by atoms with E-state index in [4.69, 9.17) is 14.0 Å². The fourth-order valence-corrected chi connectivity index (χ4v) is 4.71. The van der Waals surface area contributed by atoms with E-state index in [0.717, 1.165) is 37.8 Å². The molecule has 40 heavy (non-hydrogen) atoms. The average molecular weight is 554 g/mol. The maximum absolute atomic E-state index is 13.7. The molecule has 0 saturated heterocycles. The Morgan fingerprint density at radius 3 is 2.55 bits per heavy atom. The Morgan fingerprint density at radius 2 is 1.85 bits per heavy atom. The molecule has 2 N–H and O–H groups in total. The van der Waals surface area contributed by atoms with Crippen molar-refractivity contribution in [1.82, 2.24) is 25.8 Å². The molecule has 11 heteroatoms. The molecule has 0 unspecified atom stereocenters. The van der Waals surface area contributed by atoms with Crippen molar-refractivity contribution >= 4 is 12.0 Å². The highest BCUT2D eigenvalue weighted by Gasteiger charge is 2.26. The van der Waals surface area contributed by atoms with Crippen LogP contribution in [0.3, 0.4) is 0 Å². The van der Waals surface area contributed by atoms with Gasteiger partial charge in [-0.2, -0.15) is 0 Å². The van der Waals surface area contributed by atoms with Gasteiger partial charge in [0.2, 0.25) is 0 Å². The van der Waals surface area contributed by atoms with Crippen molar-refractivity contribution in [1.29, 1.82) is 0 Å². The van der Waals surface area contributed by atoms with E-state index >= 15 is 0 Å². The van der Waals surface area contributed by atoms with Gasteiger partial charge in [-0.05, 0) is 89.5 Å². The fraction of sp³-hybridized carbons (Fsp3) is 0.483. The van der Waals surface area contributed by atoms with Crippen LogP contribution in [0.4, 0.5) is 9.18 Å². The van der Waals surface area contributed by atoms with Crippen molar-refractivity contribution in [3.05, 3.63) is 58.9 Å². The molecular weight excluding hydrogens is 517 g/mol. The van der Waals surface area contributed by atoms with Gasteiger partial charge in [0.15, 0.2) is 17.3 Å². The second-order valence-electron chi connectivity index (χ2n) is 11.1. The van der Waals surface area contributed by atoms with E-state index in [1.54, 1.807) is 19.1 Å². The number of nitrogens with zero attached hydrogens (tertiary/aromatic N) is 3. The topological polar surface area (TPSA) is 128 Å². The lowest BCUT2D eigenvalue weighted by molar-refractivity contribution is 0.0487. The molecule has 214 valence electrons. The zero-order valence-electron chi connectivity index (χ0n) is 23.5. The minimum absolute atomic E-state index is 0.109. The minimum atomic E-state index is -0.517. The first-order valence-corrected chi connectivity index (χ1v) is 13.4. The van der Waals surface area contributed by atoms with E-state index in [0.29, 0.717) is 28.8 Å². The predicted octanol–water partition coefficient (Wildman–Crippen LogP) is 5.14. The van der Waals surface area contributed by atoms with Gasteiger partial charge in [0.25, 0.3) is 5.91 Å². The van der Waals surface area contributed by atoms with Crippen LogP contribution in [-0.4, -0.2) is 45.9 Å². The SMILES string of the molecule is COc1cc(CNC(=O)c2cc(-c3cc(C[C@H]4CC[C@H](NC(=O)OC(C)(C)C)CC4)no3)nc(C)n2)ccc1F. The Hall–Kier alpha value is -4.02. The first-order chi connectivity index (χ1) is 19.0. The van der Waals surface area contributed by atoms with Gasteiger partial charge >= 0.3 is 6.09 Å². The number of aryl methyl sites for hydroxylation is 1. The largest absolute Gasteiger partial charge is 0.494 e. The van der Waals surface area contributed by atoms with Gasteiger partial charge in [-0.3, -0.25) is 4.79 Å². The van der Waals surface area contributed by atoms with Gasteiger partial charge in [-0.15, -0.1) is 0 Å². The second kappa shape index (κ2) is 12.4. The zero-order valence-corrected chi connectivity index (χ0v) is 23.5. The van der Waals surface area contributed by atoms with Crippen LogP contribution in [0.1, 0.15) is 74.0 Å². The monoisotopic (exact) mass is 553 g/mol. The molecule has 1 aromatic carbocycles. The highest BCUT2D eigenvalue weighted by atomic mass is 19.1. The zero-order chi connectivity index (χ0) is 28.9. The maximum atomic E-state index is 13.7. The molecule has 1 fully saturated rings. The number of hydrogen-bond donors (Lipinski definition) is 2. The van der Waals surface area contributed by atoms with E-state index in [9.17, 15) is 14.0 Å². The molecule has 1 aliphatic rings. The van der Waals surface area contributed by atoms with Gasteiger partial charge in [0.05, 0.1) is 12.8 Å². The van der Waals surface area contributed by atoms with Crippen LogP contribution in [0.15, 0.2) is 34.9 Å². The third kappa shape index (κ3) is 8.00. The molecule has 1 saturated carbocycles. The number of amides is 2. The molecule has 10 nitrogen and oxygen atoms in total. The molecule has 2 aromatic heterocycles. The van der Waals surface area contributed by atoms with Gasteiger partial charge in [-0.25, -0.2) is 19.2 Å². The summed E-state index contributed by atoms with van der Waals surface area (Å²) in [5, 5.41) is 9.99. The number of carbonyl (C=O) groups excluding carboxylic acids is 2. The summed E-state index contributed by atoms with van der Waals surface area (Å²) in [6, 6.07) is 7.92. The molecule has 1 aliphatic carbocycles. The van der Waals surface area contributed by atoms with Crippen LogP contribution in [0.2, 0.25) is 0 Å². The Balaban J connectivity index is 1.32. The standard InChI is InChI=1S/C29H36FN5O5/c1-17-32-23(15-24(33-17)27(36)31-16-19-8-11-22(30)25(13-19)38-5)26-14-21(35-40-26)12-18-6-9-20(10-7-18)34-28(37)39-29(2,3)4/h8,11,13-15,18,20H,6-7,9-10,12,16H2,1-5H3,(H,31,36)(H,34,37)/t18-,20-. The summed E-state index contributed by atoms with van der Waals surface area (Å²) >= 11 is 0. The maximum Gasteiger partial charge on any atom is 0.407 e. The molecule has 4 rings (SSSR count). The smallest absolute Gasteiger partial charge is 0.407 e. The van der Waals surface area contributed by atoms with Crippen molar-refractivity contribution in [2.75, 3.05) is 7.11 Å². The molecule has 2 amide bonds. The van der Waals surface area contributed by atoms with Crippen molar-refractivity contribution in [2.45, 2.75) is 78.0 Å². The van der Waals surface area contributed by atoms with Crippen LogP contribution >= 0.6 is 0 Å². The Kier molecular flexibility index (Phi) is 9.01. The fourth-order valence-electron chi connectivity index (χ4n) is 4.71. The van der Waals surface area contributed by atoms with Gasteiger partial charge in [-0.1, -0.05) is 11.2 Å². The summed E-state index contributed by atoms with van der Waals surface area (Å²) in [5.41, 5.74) is 1.63. The first kappa shape index (κ1) is 29.0. The van der Waals surface area contributed by atoms with Gasteiger partial charge in [0, 0.05) is 18.7 Å². The number of rotatable bonds is 8. The quantitative estimate of drug-likeness (QED) is 0.392. The average Bonchev–Trinajstić information content (AvgIpc) is 3.36. The van der Waals surface area contributed by atoms with E-state index in [2.05, 4.69) is 25.8 Å². The molecule has 0 bridgehead atoms. The molecule has 0 aliphatic heterocycles. The van der Waals surface area contributed by atoms with Crippen molar-refractivity contribution in [2.24, 2.45) is 5.92 Å². The number of carbonyl (C=O) groups is 2. The van der Waals surface area contributed by atoms with E-state index < -0.39 is 17.3 Å². The normalized spacial score (nSPS) is 17.2. The summed E-state index contributed by atoms with van der Waals surface area (Å²) in [7, 11) is 1.39. The van der Waals surface area contributed by atoms with Gasteiger partial charge < -0.3 is 24.6 Å². The number of hydrogen-bond acceptors (Lipinski definition) is 8. The highest BCUT2D eigenvalue weighted by Crippen LogP contribution is 2.29. The van der Waals surface area contributed by atoms with Crippen molar-refractivity contribution < 1.29 is 28.0 Å². The van der Waals surface area contributed by atoms with E-state index in [1.807, 2.05) is 26.8 Å². The highest BCUT2D eigenvalue weighted by molar-refractivity contribution is 5.93. The Bertz CT molecular complexity index is 1340.